The van der Waals surface area contributed by atoms with Gasteiger partial charge in [0, 0.05) is 50.3 Å². The number of likely N-dealkylation sites (N-methyl/N-ethyl adjacent to an activating group) is 1. The molecule has 2 aliphatic heterocycles. The highest BCUT2D eigenvalue weighted by Gasteiger charge is 2.27. The summed E-state index contributed by atoms with van der Waals surface area (Å²) in [6, 6.07) is 7.73. The van der Waals surface area contributed by atoms with Gasteiger partial charge in [-0.15, -0.1) is 0 Å². The van der Waals surface area contributed by atoms with Crippen molar-refractivity contribution in [3.8, 4) is 0 Å². The predicted octanol–water partition coefficient (Wildman–Crippen LogP) is 1.45. The number of rotatable bonds is 4. The van der Waals surface area contributed by atoms with Crippen LogP contribution in [0.15, 0.2) is 30.5 Å². The molecule has 8 heteroatoms. The number of imidazole rings is 1. The van der Waals surface area contributed by atoms with Crippen LogP contribution in [0.1, 0.15) is 28.0 Å². The van der Waals surface area contributed by atoms with E-state index in [-0.39, 0.29) is 17.5 Å². The number of nitrogens with zero attached hydrogens (tertiary/aromatic N) is 4. The van der Waals surface area contributed by atoms with E-state index < -0.39 is 0 Å². The van der Waals surface area contributed by atoms with Crippen LogP contribution in [0, 0.1) is 0 Å². The van der Waals surface area contributed by atoms with Gasteiger partial charge in [-0.25, -0.2) is 4.98 Å². The Labute approximate surface area is 157 Å². The third-order valence-electron chi connectivity index (χ3n) is 4.98. The van der Waals surface area contributed by atoms with Crippen molar-refractivity contribution in [3.63, 3.8) is 0 Å². The zero-order chi connectivity index (χ0) is 18.8. The summed E-state index contributed by atoms with van der Waals surface area (Å²) in [6.45, 7) is 7.08. The molecule has 0 bridgehead atoms. The number of nitrogens with one attached hydrogen (secondary N) is 1. The van der Waals surface area contributed by atoms with E-state index >= 15 is 0 Å². The van der Waals surface area contributed by atoms with Crippen molar-refractivity contribution in [2.24, 2.45) is 0 Å². The van der Waals surface area contributed by atoms with Crippen LogP contribution >= 0.6 is 0 Å². The second kappa shape index (κ2) is 7.40. The Morgan fingerprint density at radius 2 is 1.89 bits per heavy atom. The average molecular weight is 369 g/mol. The highest BCUT2D eigenvalue weighted by atomic mass is 16.5. The van der Waals surface area contributed by atoms with Crippen LogP contribution in [0.2, 0.25) is 0 Å². The number of benzene rings is 1. The maximum atomic E-state index is 12.5. The number of hydrogen-bond donors (Lipinski definition) is 1. The molecular formula is C19H23N5O3. The summed E-state index contributed by atoms with van der Waals surface area (Å²) >= 11 is 0. The van der Waals surface area contributed by atoms with Gasteiger partial charge in [0.05, 0.1) is 13.2 Å². The average Bonchev–Trinajstić information content (AvgIpc) is 3.15. The molecule has 0 atom stereocenters. The van der Waals surface area contributed by atoms with Crippen molar-refractivity contribution in [1.82, 2.24) is 14.5 Å². The molecular weight excluding hydrogens is 346 g/mol. The van der Waals surface area contributed by atoms with Crippen LogP contribution in [0.3, 0.4) is 0 Å². The first-order chi connectivity index (χ1) is 13.2. The topological polar surface area (TPSA) is 79.7 Å². The summed E-state index contributed by atoms with van der Waals surface area (Å²) in [4.78, 5) is 33.1. The Balaban J connectivity index is 1.44. The number of hydrogen-bond acceptors (Lipinski definition) is 5. The van der Waals surface area contributed by atoms with Gasteiger partial charge < -0.3 is 24.4 Å². The summed E-state index contributed by atoms with van der Waals surface area (Å²) in [5.41, 5.74) is 2.07. The fourth-order valence-corrected chi connectivity index (χ4v) is 3.41. The second-order valence-corrected chi connectivity index (χ2v) is 6.63. The third-order valence-corrected chi connectivity index (χ3v) is 4.98. The zero-order valence-electron chi connectivity index (χ0n) is 15.4. The number of carbonyl (C=O) groups excluding carboxylic acids is 2. The Bertz CT molecular complexity index is 840. The summed E-state index contributed by atoms with van der Waals surface area (Å²) in [7, 11) is 0. The molecule has 1 fully saturated rings. The van der Waals surface area contributed by atoms with Crippen molar-refractivity contribution in [2.75, 3.05) is 49.6 Å². The number of aromatic nitrogens is 2. The Morgan fingerprint density at radius 1 is 1.15 bits per heavy atom. The Morgan fingerprint density at radius 3 is 2.59 bits per heavy atom. The smallest absolute Gasteiger partial charge is 0.289 e. The number of fused-ring (bicyclic) bond motifs is 1. The second-order valence-electron chi connectivity index (χ2n) is 6.63. The SMILES string of the molecule is CCN1CCn2cc(C(=O)Nc3ccc(N4CCOCC4)cc3)nc2C1=O. The lowest BCUT2D eigenvalue weighted by molar-refractivity contribution is 0.0707. The maximum absolute atomic E-state index is 12.5. The molecule has 1 N–H and O–H groups in total. The highest BCUT2D eigenvalue weighted by molar-refractivity contribution is 6.04. The molecule has 1 saturated heterocycles. The van der Waals surface area contributed by atoms with Crippen LogP contribution in [-0.2, 0) is 11.3 Å². The van der Waals surface area contributed by atoms with Gasteiger partial charge in [-0.2, -0.15) is 0 Å². The summed E-state index contributed by atoms with van der Waals surface area (Å²) in [5, 5.41) is 2.85. The van der Waals surface area contributed by atoms with Crippen molar-refractivity contribution in [1.29, 1.82) is 0 Å². The van der Waals surface area contributed by atoms with Gasteiger partial charge in [-0.3, -0.25) is 9.59 Å². The minimum atomic E-state index is -0.313. The summed E-state index contributed by atoms with van der Waals surface area (Å²) in [5.74, 6) is -0.111. The zero-order valence-corrected chi connectivity index (χ0v) is 15.4. The fraction of sp³-hybridized carbons (Fsp3) is 0.421. The van der Waals surface area contributed by atoms with Crippen molar-refractivity contribution in [2.45, 2.75) is 13.5 Å². The number of carbonyl (C=O) groups is 2. The van der Waals surface area contributed by atoms with E-state index in [9.17, 15) is 9.59 Å². The first kappa shape index (κ1) is 17.5. The molecule has 2 amide bonds. The van der Waals surface area contributed by atoms with E-state index in [2.05, 4.69) is 15.2 Å². The normalized spacial score (nSPS) is 17.0. The molecule has 8 nitrogen and oxygen atoms in total. The van der Waals surface area contributed by atoms with Gasteiger partial charge in [0.1, 0.15) is 5.69 Å². The number of ether oxygens (including phenoxy) is 1. The van der Waals surface area contributed by atoms with E-state index in [0.29, 0.717) is 31.1 Å². The minimum Gasteiger partial charge on any atom is -0.378 e. The molecule has 1 aromatic carbocycles. The molecule has 142 valence electrons. The fourth-order valence-electron chi connectivity index (χ4n) is 3.41. The molecule has 0 saturated carbocycles. The van der Waals surface area contributed by atoms with Crippen molar-refractivity contribution < 1.29 is 14.3 Å². The van der Waals surface area contributed by atoms with Crippen LogP contribution in [-0.4, -0.2) is 65.7 Å². The van der Waals surface area contributed by atoms with E-state index in [1.807, 2.05) is 31.2 Å². The number of amides is 2. The van der Waals surface area contributed by atoms with Crippen molar-refractivity contribution >= 4 is 23.2 Å². The summed E-state index contributed by atoms with van der Waals surface area (Å²) < 4.78 is 7.12. The molecule has 0 radical (unpaired) electrons. The molecule has 4 rings (SSSR count). The standard InChI is InChI=1S/C19H23N5O3/c1-2-22-7-8-24-13-16(21-17(24)19(22)26)18(25)20-14-3-5-15(6-4-14)23-9-11-27-12-10-23/h3-6,13H,2,7-12H2,1H3,(H,20,25). The monoisotopic (exact) mass is 369 g/mol. The predicted molar refractivity (Wildman–Crippen MR) is 101 cm³/mol. The minimum absolute atomic E-state index is 0.127. The molecule has 2 aliphatic rings. The van der Waals surface area contributed by atoms with Crippen LogP contribution in [0.4, 0.5) is 11.4 Å². The molecule has 27 heavy (non-hydrogen) atoms. The summed E-state index contributed by atoms with van der Waals surface area (Å²) in [6.07, 6.45) is 1.65. The third kappa shape index (κ3) is 3.52. The van der Waals surface area contributed by atoms with Crippen LogP contribution in [0.25, 0.3) is 0 Å². The number of anilines is 2. The molecule has 0 aliphatic carbocycles. The van der Waals surface area contributed by atoms with E-state index in [1.165, 1.54) is 0 Å². The molecule has 0 unspecified atom stereocenters. The quantitative estimate of drug-likeness (QED) is 0.882. The first-order valence-corrected chi connectivity index (χ1v) is 9.26. The maximum Gasteiger partial charge on any atom is 0.289 e. The van der Waals surface area contributed by atoms with Crippen LogP contribution in [0.5, 0.6) is 0 Å². The van der Waals surface area contributed by atoms with Gasteiger partial charge in [0.15, 0.2) is 5.82 Å². The Hall–Kier alpha value is -2.87. The molecule has 2 aromatic rings. The van der Waals surface area contributed by atoms with Crippen molar-refractivity contribution in [3.05, 3.63) is 42.0 Å². The van der Waals surface area contributed by atoms with E-state index in [0.717, 1.165) is 32.0 Å². The largest absolute Gasteiger partial charge is 0.378 e. The first-order valence-electron chi connectivity index (χ1n) is 9.26. The van der Waals surface area contributed by atoms with E-state index in [1.54, 1.807) is 15.7 Å². The lowest BCUT2D eigenvalue weighted by Gasteiger charge is -2.28. The molecule has 1 aromatic heterocycles. The molecule has 3 heterocycles. The van der Waals surface area contributed by atoms with Crippen LogP contribution < -0.4 is 10.2 Å². The van der Waals surface area contributed by atoms with Gasteiger partial charge >= 0.3 is 0 Å². The van der Waals surface area contributed by atoms with Gasteiger partial charge in [0.25, 0.3) is 11.8 Å². The number of morpholine rings is 1. The van der Waals surface area contributed by atoms with Gasteiger partial charge in [0.2, 0.25) is 0 Å². The lowest BCUT2D eigenvalue weighted by Crippen LogP contribution is -2.40. The Kier molecular flexibility index (Phi) is 4.81. The van der Waals surface area contributed by atoms with Gasteiger partial charge in [-0.1, -0.05) is 0 Å². The van der Waals surface area contributed by atoms with E-state index in [4.69, 9.17) is 4.74 Å². The molecule has 0 spiro atoms. The highest BCUT2D eigenvalue weighted by Crippen LogP contribution is 2.20. The lowest BCUT2D eigenvalue weighted by atomic mass is 10.2. The van der Waals surface area contributed by atoms with Gasteiger partial charge in [-0.05, 0) is 31.2 Å².